The molecule has 0 heterocycles. The average Bonchev–Trinajstić information content (AvgIpc) is 2.66. The molecule has 2 rings (SSSR count). The topological polar surface area (TPSA) is 49.4 Å². The van der Waals surface area contributed by atoms with Gasteiger partial charge in [0.2, 0.25) is 11.8 Å². The molecular formula is C20H23ClN2O2S. The average molecular weight is 391 g/mol. The van der Waals surface area contributed by atoms with Gasteiger partial charge in [0.25, 0.3) is 0 Å². The lowest BCUT2D eigenvalue weighted by Gasteiger charge is -2.21. The van der Waals surface area contributed by atoms with Crippen molar-refractivity contribution >= 4 is 35.2 Å². The van der Waals surface area contributed by atoms with Crippen LogP contribution in [0, 0.1) is 0 Å². The second kappa shape index (κ2) is 10.2. The summed E-state index contributed by atoms with van der Waals surface area (Å²) >= 11 is 7.30. The molecule has 0 spiro atoms. The third-order valence-electron chi connectivity index (χ3n) is 3.86. The lowest BCUT2D eigenvalue weighted by atomic mass is 10.2. The van der Waals surface area contributed by atoms with Crippen LogP contribution in [0.3, 0.4) is 0 Å². The number of nitrogens with zero attached hydrogens (tertiary/aromatic N) is 1. The Morgan fingerprint density at radius 1 is 1.12 bits per heavy atom. The van der Waals surface area contributed by atoms with Gasteiger partial charge in [-0.15, -0.1) is 11.8 Å². The number of hydrogen-bond donors (Lipinski definition) is 1. The lowest BCUT2D eigenvalue weighted by molar-refractivity contribution is -0.133. The molecule has 1 N–H and O–H groups in total. The van der Waals surface area contributed by atoms with Gasteiger partial charge in [-0.05, 0) is 43.7 Å². The minimum atomic E-state index is -0.298. The Labute approximate surface area is 163 Å². The summed E-state index contributed by atoms with van der Waals surface area (Å²) in [5, 5.41) is 3.10. The van der Waals surface area contributed by atoms with E-state index in [0.29, 0.717) is 18.1 Å². The van der Waals surface area contributed by atoms with E-state index in [9.17, 15) is 9.59 Å². The van der Waals surface area contributed by atoms with Crippen molar-refractivity contribution in [1.29, 1.82) is 0 Å². The molecule has 1 unspecified atom stereocenters. The number of benzene rings is 2. The summed E-state index contributed by atoms with van der Waals surface area (Å²) in [5.41, 5.74) is 1.07. The summed E-state index contributed by atoms with van der Waals surface area (Å²) in [5.74, 6) is -0.248. The van der Waals surface area contributed by atoms with Crippen molar-refractivity contribution in [2.45, 2.75) is 30.5 Å². The summed E-state index contributed by atoms with van der Waals surface area (Å²) in [6.45, 7) is 4.90. The van der Waals surface area contributed by atoms with Crippen molar-refractivity contribution < 1.29 is 9.59 Å². The molecule has 2 amide bonds. The van der Waals surface area contributed by atoms with Crippen LogP contribution < -0.4 is 5.32 Å². The van der Waals surface area contributed by atoms with Gasteiger partial charge < -0.3 is 10.2 Å². The summed E-state index contributed by atoms with van der Waals surface area (Å²) < 4.78 is 0. The largest absolute Gasteiger partial charge is 0.346 e. The van der Waals surface area contributed by atoms with Crippen LogP contribution in [0.15, 0.2) is 59.5 Å². The van der Waals surface area contributed by atoms with Crippen LogP contribution in [-0.4, -0.2) is 35.1 Å². The van der Waals surface area contributed by atoms with Gasteiger partial charge >= 0.3 is 0 Å². The molecule has 0 saturated carbocycles. The highest BCUT2D eigenvalue weighted by Gasteiger charge is 2.17. The minimum Gasteiger partial charge on any atom is -0.346 e. The van der Waals surface area contributed by atoms with E-state index in [4.69, 9.17) is 11.6 Å². The van der Waals surface area contributed by atoms with E-state index in [-0.39, 0.29) is 23.6 Å². The predicted molar refractivity (Wildman–Crippen MR) is 107 cm³/mol. The van der Waals surface area contributed by atoms with E-state index >= 15 is 0 Å². The van der Waals surface area contributed by atoms with Crippen molar-refractivity contribution in [3.63, 3.8) is 0 Å². The van der Waals surface area contributed by atoms with Crippen LogP contribution in [0.2, 0.25) is 5.02 Å². The number of rotatable bonds is 8. The first-order valence-electron chi connectivity index (χ1n) is 8.51. The Morgan fingerprint density at radius 2 is 1.77 bits per heavy atom. The van der Waals surface area contributed by atoms with Crippen LogP contribution in [0.5, 0.6) is 0 Å². The van der Waals surface area contributed by atoms with Gasteiger partial charge in [-0.2, -0.15) is 0 Å². The molecule has 2 aromatic carbocycles. The van der Waals surface area contributed by atoms with Gasteiger partial charge in [0.1, 0.15) is 0 Å². The van der Waals surface area contributed by atoms with Crippen molar-refractivity contribution in [1.82, 2.24) is 10.2 Å². The monoisotopic (exact) mass is 390 g/mol. The number of likely N-dealkylation sites (N-methyl/N-ethyl adjacent to an activating group) is 1. The van der Waals surface area contributed by atoms with Crippen molar-refractivity contribution in [2.24, 2.45) is 0 Å². The van der Waals surface area contributed by atoms with Gasteiger partial charge in [-0.1, -0.05) is 41.9 Å². The fraction of sp³-hybridized carbons (Fsp3) is 0.300. The van der Waals surface area contributed by atoms with Crippen LogP contribution in [-0.2, 0) is 16.1 Å². The Bertz CT molecular complexity index is 722. The van der Waals surface area contributed by atoms with Crippen LogP contribution in [0.25, 0.3) is 0 Å². The molecule has 0 aliphatic heterocycles. The highest BCUT2D eigenvalue weighted by molar-refractivity contribution is 8.00. The number of nitrogens with one attached hydrogen (secondary N) is 1. The van der Waals surface area contributed by atoms with E-state index in [2.05, 4.69) is 5.32 Å². The SMILES string of the molecule is CCN(Cc1ccccc1)C(=O)CNC(=O)C(C)Sc1ccc(Cl)cc1. The zero-order valence-corrected chi connectivity index (χ0v) is 16.5. The van der Waals surface area contributed by atoms with E-state index < -0.39 is 0 Å². The highest BCUT2D eigenvalue weighted by atomic mass is 35.5. The molecule has 138 valence electrons. The van der Waals surface area contributed by atoms with Crippen molar-refractivity contribution in [3.05, 3.63) is 65.2 Å². The minimum absolute atomic E-state index is 0.00498. The van der Waals surface area contributed by atoms with E-state index in [1.54, 1.807) is 17.0 Å². The van der Waals surface area contributed by atoms with Gasteiger partial charge in [-0.3, -0.25) is 9.59 Å². The Balaban J connectivity index is 1.82. The molecule has 2 aromatic rings. The molecule has 0 bridgehead atoms. The van der Waals surface area contributed by atoms with E-state index in [1.807, 2.05) is 56.3 Å². The quantitative estimate of drug-likeness (QED) is 0.693. The molecule has 0 saturated heterocycles. The number of thioether (sulfide) groups is 1. The number of carbonyl (C=O) groups excluding carboxylic acids is 2. The summed E-state index contributed by atoms with van der Waals surface area (Å²) in [7, 11) is 0. The number of halogens is 1. The molecular weight excluding hydrogens is 368 g/mol. The molecule has 0 aliphatic carbocycles. The number of amides is 2. The number of carbonyl (C=O) groups is 2. The highest BCUT2D eigenvalue weighted by Crippen LogP contribution is 2.24. The fourth-order valence-corrected chi connectivity index (χ4v) is 3.39. The van der Waals surface area contributed by atoms with Crippen LogP contribution in [0.1, 0.15) is 19.4 Å². The first-order valence-corrected chi connectivity index (χ1v) is 9.77. The Kier molecular flexibility index (Phi) is 8.01. The maximum absolute atomic E-state index is 12.4. The normalized spacial score (nSPS) is 11.7. The smallest absolute Gasteiger partial charge is 0.242 e. The number of hydrogen-bond acceptors (Lipinski definition) is 3. The zero-order valence-electron chi connectivity index (χ0n) is 14.9. The molecule has 0 fully saturated rings. The molecule has 6 heteroatoms. The maximum atomic E-state index is 12.4. The first kappa shape index (κ1) is 20.3. The van der Waals surface area contributed by atoms with Crippen molar-refractivity contribution in [3.8, 4) is 0 Å². The lowest BCUT2D eigenvalue weighted by Crippen LogP contribution is -2.41. The summed E-state index contributed by atoms with van der Waals surface area (Å²) in [6.07, 6.45) is 0. The molecule has 0 aliphatic rings. The zero-order chi connectivity index (χ0) is 18.9. The third-order valence-corrected chi connectivity index (χ3v) is 5.22. The Hall–Kier alpha value is -1.98. The standard InChI is InChI=1S/C20H23ClN2O2S/c1-3-23(14-16-7-5-4-6-8-16)19(24)13-22-20(25)15(2)26-18-11-9-17(21)10-12-18/h4-12,15H,3,13-14H2,1-2H3,(H,22,25). The third kappa shape index (κ3) is 6.39. The maximum Gasteiger partial charge on any atom is 0.242 e. The van der Waals surface area contributed by atoms with E-state index in [1.165, 1.54) is 11.8 Å². The second-order valence-corrected chi connectivity index (χ2v) is 7.68. The predicted octanol–water partition coefficient (Wildman–Crippen LogP) is 3.99. The molecule has 26 heavy (non-hydrogen) atoms. The molecule has 1 atom stereocenters. The van der Waals surface area contributed by atoms with Crippen molar-refractivity contribution in [2.75, 3.05) is 13.1 Å². The Morgan fingerprint density at radius 3 is 2.38 bits per heavy atom. The molecule has 0 aromatic heterocycles. The van der Waals surface area contributed by atoms with Gasteiger partial charge in [0, 0.05) is 23.0 Å². The van der Waals surface area contributed by atoms with E-state index in [0.717, 1.165) is 10.5 Å². The first-order chi connectivity index (χ1) is 12.5. The van der Waals surface area contributed by atoms with Gasteiger partial charge in [0.15, 0.2) is 0 Å². The van der Waals surface area contributed by atoms with Gasteiger partial charge in [-0.25, -0.2) is 0 Å². The summed E-state index contributed by atoms with van der Waals surface area (Å²) in [6, 6.07) is 17.2. The fourth-order valence-electron chi connectivity index (χ4n) is 2.37. The van der Waals surface area contributed by atoms with Crippen LogP contribution >= 0.6 is 23.4 Å². The van der Waals surface area contributed by atoms with Crippen LogP contribution in [0.4, 0.5) is 0 Å². The second-order valence-electron chi connectivity index (χ2n) is 5.83. The summed E-state index contributed by atoms with van der Waals surface area (Å²) in [4.78, 5) is 27.3. The molecule has 4 nitrogen and oxygen atoms in total. The molecule has 0 radical (unpaired) electrons. The van der Waals surface area contributed by atoms with Gasteiger partial charge in [0.05, 0.1) is 11.8 Å².